The van der Waals surface area contributed by atoms with E-state index in [1.54, 1.807) is 0 Å². The van der Waals surface area contributed by atoms with Crippen LogP contribution < -0.4 is 5.73 Å². The minimum atomic E-state index is 0.684. The normalized spacial score (nSPS) is 11.0. The molecule has 108 valence electrons. The van der Waals surface area contributed by atoms with Crippen molar-refractivity contribution in [2.75, 3.05) is 5.73 Å². The molecule has 0 aliphatic rings. The van der Waals surface area contributed by atoms with Crippen molar-refractivity contribution < 1.29 is 0 Å². The average molecular weight is 357 g/mol. The fraction of sp³-hybridized carbons (Fsp3) is 0.400. The van der Waals surface area contributed by atoms with E-state index in [0.717, 1.165) is 53.2 Å². The zero-order chi connectivity index (χ0) is 14.7. The lowest BCUT2D eigenvalue weighted by Crippen LogP contribution is -2.06. The van der Waals surface area contributed by atoms with Gasteiger partial charge in [0.15, 0.2) is 0 Å². The van der Waals surface area contributed by atoms with Crippen molar-refractivity contribution in [3.8, 4) is 11.3 Å². The van der Waals surface area contributed by atoms with Crippen LogP contribution in [0.5, 0.6) is 0 Å². The van der Waals surface area contributed by atoms with Crippen molar-refractivity contribution in [2.45, 2.75) is 39.7 Å². The van der Waals surface area contributed by atoms with E-state index in [0.29, 0.717) is 5.02 Å². The number of nitrogen functional groups attached to an aromatic ring is 1. The SMILES string of the molecule is CCCCn1c(CC)nc(-c2cc(Cl)ccc2Br)c1N. The van der Waals surface area contributed by atoms with Crippen LogP contribution >= 0.6 is 27.5 Å². The van der Waals surface area contributed by atoms with Crippen LogP contribution in [0.4, 0.5) is 5.82 Å². The maximum Gasteiger partial charge on any atom is 0.131 e. The third kappa shape index (κ3) is 3.01. The molecule has 0 fully saturated rings. The molecular weight excluding hydrogens is 338 g/mol. The fourth-order valence-corrected chi connectivity index (χ4v) is 2.83. The molecule has 1 heterocycles. The first-order valence-corrected chi connectivity index (χ1v) is 8.05. The Morgan fingerprint density at radius 3 is 2.75 bits per heavy atom. The molecular formula is C15H19BrClN3. The number of hydrogen-bond acceptors (Lipinski definition) is 2. The number of benzene rings is 1. The molecule has 2 aromatic rings. The average Bonchev–Trinajstić information content (AvgIpc) is 2.75. The van der Waals surface area contributed by atoms with E-state index < -0.39 is 0 Å². The van der Waals surface area contributed by atoms with Gasteiger partial charge in [-0.15, -0.1) is 0 Å². The Morgan fingerprint density at radius 1 is 1.35 bits per heavy atom. The maximum atomic E-state index is 6.31. The molecule has 20 heavy (non-hydrogen) atoms. The Bertz CT molecular complexity index is 607. The van der Waals surface area contributed by atoms with E-state index in [2.05, 4.69) is 34.3 Å². The number of nitrogens with two attached hydrogens (primary N) is 1. The smallest absolute Gasteiger partial charge is 0.131 e. The molecule has 0 atom stereocenters. The monoisotopic (exact) mass is 355 g/mol. The number of imidazole rings is 1. The van der Waals surface area contributed by atoms with Crippen LogP contribution in [0.15, 0.2) is 22.7 Å². The van der Waals surface area contributed by atoms with Crippen LogP contribution in [-0.4, -0.2) is 9.55 Å². The van der Waals surface area contributed by atoms with Crippen LogP contribution in [0.2, 0.25) is 5.02 Å². The largest absolute Gasteiger partial charge is 0.383 e. The van der Waals surface area contributed by atoms with Crippen LogP contribution in [0.25, 0.3) is 11.3 Å². The molecule has 0 amide bonds. The first-order valence-electron chi connectivity index (χ1n) is 6.88. The summed E-state index contributed by atoms with van der Waals surface area (Å²) in [6.45, 7) is 5.19. The van der Waals surface area contributed by atoms with Gasteiger partial charge >= 0.3 is 0 Å². The number of nitrogens with zero attached hydrogens (tertiary/aromatic N) is 2. The second-order valence-electron chi connectivity index (χ2n) is 4.74. The lowest BCUT2D eigenvalue weighted by molar-refractivity contribution is 0.612. The minimum absolute atomic E-state index is 0.684. The highest BCUT2D eigenvalue weighted by molar-refractivity contribution is 9.10. The van der Waals surface area contributed by atoms with Crippen molar-refractivity contribution in [1.29, 1.82) is 0 Å². The first kappa shape index (κ1) is 15.4. The Labute approximate surface area is 133 Å². The van der Waals surface area contributed by atoms with Gasteiger partial charge in [-0.05, 0) is 24.6 Å². The summed E-state index contributed by atoms with van der Waals surface area (Å²) >= 11 is 9.63. The number of hydrogen-bond donors (Lipinski definition) is 1. The molecule has 2 rings (SSSR count). The van der Waals surface area contributed by atoms with Gasteiger partial charge in [-0.25, -0.2) is 4.98 Å². The fourth-order valence-electron chi connectivity index (χ4n) is 2.23. The van der Waals surface area contributed by atoms with Gasteiger partial charge in [0.1, 0.15) is 17.3 Å². The molecule has 5 heteroatoms. The molecule has 0 unspecified atom stereocenters. The molecule has 1 aromatic carbocycles. The Morgan fingerprint density at radius 2 is 2.10 bits per heavy atom. The van der Waals surface area contributed by atoms with Gasteiger partial charge in [-0.1, -0.05) is 47.8 Å². The van der Waals surface area contributed by atoms with Gasteiger partial charge in [0.2, 0.25) is 0 Å². The van der Waals surface area contributed by atoms with Gasteiger partial charge in [0, 0.05) is 28.0 Å². The Hall–Kier alpha value is -1.00. The number of anilines is 1. The van der Waals surface area contributed by atoms with Gasteiger partial charge < -0.3 is 10.3 Å². The highest BCUT2D eigenvalue weighted by Gasteiger charge is 2.17. The molecule has 0 radical (unpaired) electrons. The van der Waals surface area contributed by atoms with E-state index in [1.165, 1.54) is 0 Å². The summed E-state index contributed by atoms with van der Waals surface area (Å²) in [5.74, 6) is 1.75. The number of aromatic nitrogens is 2. The molecule has 3 nitrogen and oxygen atoms in total. The summed E-state index contributed by atoms with van der Waals surface area (Å²) < 4.78 is 3.07. The van der Waals surface area contributed by atoms with E-state index in [-0.39, 0.29) is 0 Å². The van der Waals surface area contributed by atoms with Crippen LogP contribution in [0.3, 0.4) is 0 Å². The second kappa shape index (κ2) is 6.64. The molecule has 0 saturated heterocycles. The molecule has 0 aliphatic heterocycles. The lowest BCUT2D eigenvalue weighted by atomic mass is 10.1. The molecule has 0 bridgehead atoms. The maximum absolute atomic E-state index is 6.31. The predicted octanol–water partition coefficient (Wildman–Crippen LogP) is 4.91. The quantitative estimate of drug-likeness (QED) is 0.827. The molecule has 1 aromatic heterocycles. The standard InChI is InChI=1S/C15H19BrClN3/c1-3-5-8-20-13(4-2)19-14(15(20)18)11-9-10(17)6-7-12(11)16/h6-7,9H,3-5,8,18H2,1-2H3. The lowest BCUT2D eigenvalue weighted by Gasteiger charge is -2.08. The zero-order valence-corrected chi connectivity index (χ0v) is 14.1. The summed E-state index contributed by atoms with van der Waals surface area (Å²) in [7, 11) is 0. The van der Waals surface area contributed by atoms with Crippen molar-refractivity contribution in [1.82, 2.24) is 9.55 Å². The van der Waals surface area contributed by atoms with Gasteiger partial charge in [0.05, 0.1) is 0 Å². The highest BCUT2D eigenvalue weighted by Crippen LogP contribution is 2.34. The summed E-state index contributed by atoms with van der Waals surface area (Å²) in [6.07, 6.45) is 3.10. The summed E-state index contributed by atoms with van der Waals surface area (Å²) in [6, 6.07) is 5.67. The number of unbranched alkanes of at least 4 members (excludes halogenated alkanes) is 1. The third-order valence-corrected chi connectivity index (χ3v) is 4.25. The van der Waals surface area contributed by atoms with Crippen molar-refractivity contribution >= 4 is 33.3 Å². The molecule has 0 saturated carbocycles. The number of aryl methyl sites for hydroxylation is 1. The first-order chi connectivity index (χ1) is 9.58. The topological polar surface area (TPSA) is 43.8 Å². The van der Waals surface area contributed by atoms with Crippen LogP contribution in [0, 0.1) is 0 Å². The van der Waals surface area contributed by atoms with Gasteiger partial charge in [-0.2, -0.15) is 0 Å². The van der Waals surface area contributed by atoms with Crippen LogP contribution in [0.1, 0.15) is 32.5 Å². The zero-order valence-electron chi connectivity index (χ0n) is 11.8. The summed E-state index contributed by atoms with van der Waals surface area (Å²) in [5, 5.41) is 0.684. The van der Waals surface area contributed by atoms with Crippen molar-refractivity contribution in [3.63, 3.8) is 0 Å². The molecule has 0 aliphatic carbocycles. The minimum Gasteiger partial charge on any atom is -0.383 e. The Balaban J connectivity index is 2.52. The van der Waals surface area contributed by atoms with E-state index in [4.69, 9.17) is 22.3 Å². The number of rotatable bonds is 5. The second-order valence-corrected chi connectivity index (χ2v) is 6.04. The summed E-state index contributed by atoms with van der Waals surface area (Å²) in [5.41, 5.74) is 8.06. The van der Waals surface area contributed by atoms with E-state index in [1.807, 2.05) is 18.2 Å². The number of halogens is 2. The van der Waals surface area contributed by atoms with Gasteiger partial charge in [0.25, 0.3) is 0 Å². The van der Waals surface area contributed by atoms with E-state index >= 15 is 0 Å². The summed E-state index contributed by atoms with van der Waals surface area (Å²) in [4.78, 5) is 4.70. The molecule has 0 spiro atoms. The van der Waals surface area contributed by atoms with Gasteiger partial charge in [-0.3, -0.25) is 0 Å². The predicted molar refractivity (Wildman–Crippen MR) is 89.1 cm³/mol. The highest BCUT2D eigenvalue weighted by atomic mass is 79.9. The van der Waals surface area contributed by atoms with Crippen molar-refractivity contribution in [3.05, 3.63) is 33.5 Å². The van der Waals surface area contributed by atoms with Crippen molar-refractivity contribution in [2.24, 2.45) is 0 Å². The molecule has 2 N–H and O–H groups in total. The third-order valence-electron chi connectivity index (χ3n) is 3.32. The Kier molecular flexibility index (Phi) is 5.11. The van der Waals surface area contributed by atoms with Crippen LogP contribution in [-0.2, 0) is 13.0 Å². The van der Waals surface area contributed by atoms with E-state index in [9.17, 15) is 0 Å².